The molecular formula is C13H16F4N2O3. The predicted octanol–water partition coefficient (Wildman–Crippen LogP) is 2.90. The van der Waals surface area contributed by atoms with Crippen LogP contribution in [0.1, 0.15) is 20.3 Å². The van der Waals surface area contributed by atoms with Crippen molar-refractivity contribution in [1.82, 2.24) is 5.06 Å². The first-order valence-corrected chi connectivity index (χ1v) is 6.37. The highest BCUT2D eigenvalue weighted by molar-refractivity contribution is 5.80. The zero-order valence-electron chi connectivity index (χ0n) is 12.1. The van der Waals surface area contributed by atoms with Gasteiger partial charge in [-0.1, -0.05) is 6.08 Å². The Hall–Kier alpha value is -1.74. The van der Waals surface area contributed by atoms with Crippen molar-refractivity contribution in [2.45, 2.75) is 38.8 Å². The molecule has 0 bridgehead atoms. The number of rotatable bonds is 5. The monoisotopic (exact) mass is 324 g/mol. The standard InChI is InChI=1S/C13H16F4N2O3/c1-8(4-5-11(14)18-3)10-6-7-21-19(10)12(20)9(2)22-13(15,16)17/h4-5,9-10H,3,6-7H2,1-2H3/b8-4+,11-5-/t9?,10-/m0/s1. The number of nitrogens with zero attached hydrogens (tertiary/aromatic N) is 2. The fourth-order valence-corrected chi connectivity index (χ4v) is 1.89. The third kappa shape index (κ3) is 5.23. The third-order valence-electron chi connectivity index (χ3n) is 2.94. The molecule has 0 N–H and O–H groups in total. The summed E-state index contributed by atoms with van der Waals surface area (Å²) in [5, 5.41) is 0.829. The lowest BCUT2D eigenvalue weighted by Gasteiger charge is -2.26. The molecule has 1 rings (SSSR count). The second kappa shape index (κ2) is 7.50. The zero-order valence-corrected chi connectivity index (χ0v) is 12.1. The topological polar surface area (TPSA) is 51.1 Å². The molecule has 1 aliphatic rings. The minimum atomic E-state index is -4.92. The highest BCUT2D eigenvalue weighted by atomic mass is 19.4. The summed E-state index contributed by atoms with van der Waals surface area (Å²) in [6.07, 6.45) is -3.88. The molecule has 1 heterocycles. The van der Waals surface area contributed by atoms with Crippen LogP contribution >= 0.6 is 0 Å². The molecule has 0 saturated carbocycles. The van der Waals surface area contributed by atoms with Crippen molar-refractivity contribution in [2.24, 2.45) is 4.99 Å². The second-order valence-electron chi connectivity index (χ2n) is 4.57. The molecule has 1 fully saturated rings. The highest BCUT2D eigenvalue weighted by Gasteiger charge is 2.40. The maximum Gasteiger partial charge on any atom is 0.523 e. The summed E-state index contributed by atoms with van der Waals surface area (Å²) in [6.45, 7) is 5.74. The Morgan fingerprint density at radius 3 is 2.68 bits per heavy atom. The maximum atomic E-state index is 12.9. The highest BCUT2D eigenvalue weighted by Crippen LogP contribution is 2.25. The second-order valence-corrected chi connectivity index (χ2v) is 4.57. The molecular weight excluding hydrogens is 308 g/mol. The SMILES string of the molecule is C=N/C(F)=C\C=C(/C)[C@@H]1CCON1C(=O)C(C)OC(F)(F)F. The van der Waals surface area contributed by atoms with Crippen LogP contribution in [-0.4, -0.2) is 42.8 Å². The number of ether oxygens (including phenoxy) is 1. The normalized spacial score (nSPS) is 21.9. The van der Waals surface area contributed by atoms with Gasteiger partial charge < -0.3 is 0 Å². The Morgan fingerprint density at radius 2 is 2.14 bits per heavy atom. The fourth-order valence-electron chi connectivity index (χ4n) is 1.89. The smallest absolute Gasteiger partial charge is 0.279 e. The lowest BCUT2D eigenvalue weighted by molar-refractivity contribution is -0.338. The zero-order chi connectivity index (χ0) is 16.9. The van der Waals surface area contributed by atoms with Crippen LogP contribution < -0.4 is 0 Å². The number of halogens is 4. The quantitative estimate of drug-likeness (QED) is 0.338. The largest absolute Gasteiger partial charge is 0.523 e. The molecule has 9 heteroatoms. The van der Waals surface area contributed by atoms with Gasteiger partial charge in [0, 0.05) is 6.42 Å². The molecule has 2 atom stereocenters. The van der Waals surface area contributed by atoms with E-state index in [-0.39, 0.29) is 6.61 Å². The van der Waals surface area contributed by atoms with Gasteiger partial charge in [-0.2, -0.15) is 4.39 Å². The first kappa shape index (κ1) is 18.3. The minimum absolute atomic E-state index is 0.159. The predicted molar refractivity (Wildman–Crippen MR) is 70.3 cm³/mol. The van der Waals surface area contributed by atoms with E-state index in [0.717, 1.165) is 18.1 Å². The number of hydrogen-bond donors (Lipinski definition) is 0. The van der Waals surface area contributed by atoms with E-state index in [2.05, 4.69) is 16.4 Å². The molecule has 124 valence electrons. The van der Waals surface area contributed by atoms with E-state index in [4.69, 9.17) is 4.84 Å². The number of amides is 1. The summed E-state index contributed by atoms with van der Waals surface area (Å²) in [5.41, 5.74) is 0.531. The number of alkyl halides is 3. The van der Waals surface area contributed by atoms with E-state index < -0.39 is 30.4 Å². The molecule has 0 aromatic heterocycles. The van der Waals surface area contributed by atoms with Gasteiger partial charge in [-0.25, -0.2) is 10.1 Å². The Labute approximate surface area is 124 Å². The van der Waals surface area contributed by atoms with Gasteiger partial charge in [0.25, 0.3) is 5.91 Å². The average molecular weight is 324 g/mol. The summed E-state index contributed by atoms with van der Waals surface area (Å²) in [5.74, 6) is -1.77. The van der Waals surface area contributed by atoms with E-state index in [1.807, 2.05) is 0 Å². The summed E-state index contributed by atoms with van der Waals surface area (Å²) >= 11 is 0. The number of allylic oxidation sites excluding steroid dienone is 2. The minimum Gasteiger partial charge on any atom is -0.279 e. The van der Waals surface area contributed by atoms with Gasteiger partial charge in [0.2, 0.25) is 5.95 Å². The van der Waals surface area contributed by atoms with E-state index in [0.29, 0.717) is 12.0 Å². The lowest BCUT2D eigenvalue weighted by Crippen LogP contribution is -2.43. The van der Waals surface area contributed by atoms with Crippen molar-refractivity contribution in [2.75, 3.05) is 6.61 Å². The van der Waals surface area contributed by atoms with E-state index in [1.54, 1.807) is 6.92 Å². The van der Waals surface area contributed by atoms with Crippen LogP contribution in [0.15, 0.2) is 28.7 Å². The van der Waals surface area contributed by atoms with Crippen molar-refractivity contribution < 1.29 is 31.9 Å². The van der Waals surface area contributed by atoms with Gasteiger partial charge in [-0.15, -0.1) is 13.2 Å². The molecule has 22 heavy (non-hydrogen) atoms. The summed E-state index contributed by atoms with van der Waals surface area (Å²) in [6, 6.07) is -0.597. The van der Waals surface area contributed by atoms with Gasteiger partial charge in [0.1, 0.15) is 6.10 Å². The van der Waals surface area contributed by atoms with Crippen LogP contribution in [0.2, 0.25) is 0 Å². The van der Waals surface area contributed by atoms with Crippen molar-refractivity contribution in [1.29, 1.82) is 0 Å². The molecule has 5 nitrogen and oxygen atoms in total. The van der Waals surface area contributed by atoms with Crippen LogP contribution in [-0.2, 0) is 14.4 Å². The Kier molecular flexibility index (Phi) is 6.24. The van der Waals surface area contributed by atoms with E-state index in [1.165, 1.54) is 6.08 Å². The molecule has 1 amide bonds. The van der Waals surface area contributed by atoms with Gasteiger partial charge in [-0.3, -0.25) is 14.4 Å². The van der Waals surface area contributed by atoms with Crippen molar-refractivity contribution >= 4 is 12.6 Å². The van der Waals surface area contributed by atoms with Gasteiger partial charge in [0.15, 0.2) is 0 Å². The van der Waals surface area contributed by atoms with E-state index >= 15 is 0 Å². The van der Waals surface area contributed by atoms with Gasteiger partial charge in [-0.05, 0) is 32.2 Å². The lowest BCUT2D eigenvalue weighted by atomic mass is 10.1. The summed E-state index contributed by atoms with van der Waals surface area (Å²) < 4.78 is 53.0. The average Bonchev–Trinajstić information content (AvgIpc) is 2.90. The number of hydrogen-bond acceptors (Lipinski definition) is 4. The molecule has 1 unspecified atom stereocenters. The van der Waals surface area contributed by atoms with Crippen LogP contribution in [0.5, 0.6) is 0 Å². The number of carbonyl (C=O) groups is 1. The van der Waals surface area contributed by atoms with Crippen LogP contribution in [0.3, 0.4) is 0 Å². The number of hydroxylamine groups is 2. The van der Waals surface area contributed by atoms with E-state index in [9.17, 15) is 22.4 Å². The van der Waals surface area contributed by atoms with Crippen molar-refractivity contribution in [3.05, 3.63) is 23.7 Å². The Morgan fingerprint density at radius 1 is 1.50 bits per heavy atom. The van der Waals surface area contributed by atoms with Crippen LogP contribution in [0.25, 0.3) is 0 Å². The Bertz CT molecular complexity index is 488. The molecule has 0 aromatic rings. The molecule has 0 spiro atoms. The first-order chi connectivity index (χ1) is 10.2. The first-order valence-electron chi connectivity index (χ1n) is 6.37. The van der Waals surface area contributed by atoms with Gasteiger partial charge in [0.05, 0.1) is 12.6 Å². The van der Waals surface area contributed by atoms with Crippen molar-refractivity contribution in [3.63, 3.8) is 0 Å². The maximum absolute atomic E-state index is 12.9. The number of carbonyl (C=O) groups excluding carboxylic acids is 1. The van der Waals surface area contributed by atoms with Crippen molar-refractivity contribution in [3.8, 4) is 0 Å². The number of aliphatic imine (C=N–C) groups is 1. The van der Waals surface area contributed by atoms with Gasteiger partial charge >= 0.3 is 6.36 Å². The molecule has 1 aliphatic heterocycles. The summed E-state index contributed by atoms with van der Waals surface area (Å²) in [7, 11) is 0. The summed E-state index contributed by atoms with van der Waals surface area (Å²) in [4.78, 5) is 20.1. The third-order valence-corrected chi connectivity index (χ3v) is 2.94. The molecule has 0 radical (unpaired) electrons. The van der Waals surface area contributed by atoms with Crippen LogP contribution in [0.4, 0.5) is 17.6 Å². The Balaban J connectivity index is 2.82. The molecule has 0 aliphatic carbocycles. The van der Waals surface area contributed by atoms with Crippen LogP contribution in [0, 0.1) is 0 Å². The fraction of sp³-hybridized carbons (Fsp3) is 0.538. The molecule has 1 saturated heterocycles. The molecule has 0 aromatic carbocycles.